The van der Waals surface area contributed by atoms with Crippen molar-refractivity contribution in [2.75, 3.05) is 7.11 Å². The van der Waals surface area contributed by atoms with Gasteiger partial charge < -0.3 is 4.74 Å². The number of ether oxygens (including phenoxy) is 1. The minimum Gasteiger partial charge on any atom is -0.468 e. The quantitative estimate of drug-likeness (QED) is 0.450. The van der Waals surface area contributed by atoms with Gasteiger partial charge in [-0.05, 0) is 17.4 Å². The van der Waals surface area contributed by atoms with Crippen molar-refractivity contribution in [1.29, 1.82) is 0 Å². The largest absolute Gasteiger partial charge is 0.468 e. The molecule has 0 radical (unpaired) electrons. The monoisotopic (exact) mass is 226 g/mol. The van der Waals surface area contributed by atoms with E-state index in [2.05, 4.69) is 4.74 Å². The summed E-state index contributed by atoms with van der Waals surface area (Å²) in [5, 5.41) is 3.57. The zero-order valence-electron chi connectivity index (χ0n) is 9.02. The number of ketones is 1. The fourth-order valence-corrected chi connectivity index (χ4v) is 2.04. The van der Waals surface area contributed by atoms with Crippen LogP contribution in [-0.4, -0.2) is 18.9 Å². The highest BCUT2D eigenvalue weighted by Gasteiger charge is 2.31. The van der Waals surface area contributed by atoms with E-state index in [1.54, 1.807) is 11.4 Å². The van der Waals surface area contributed by atoms with Crippen LogP contribution in [-0.2, 0) is 9.53 Å². The number of rotatable bonds is 4. The van der Waals surface area contributed by atoms with Crippen molar-refractivity contribution >= 4 is 23.1 Å². The number of carbonyl (C=O) groups is 2. The van der Waals surface area contributed by atoms with E-state index in [9.17, 15) is 9.59 Å². The summed E-state index contributed by atoms with van der Waals surface area (Å²) < 4.78 is 4.64. The molecule has 0 bridgehead atoms. The second-order valence-corrected chi connectivity index (χ2v) is 4.40. The van der Waals surface area contributed by atoms with E-state index in [0.717, 1.165) is 0 Å². The number of carbonyl (C=O) groups excluding carboxylic acids is 2. The summed E-state index contributed by atoms with van der Waals surface area (Å²) in [6.45, 7) is 3.68. The fourth-order valence-electron chi connectivity index (χ4n) is 1.39. The van der Waals surface area contributed by atoms with Gasteiger partial charge in [0.05, 0.1) is 7.11 Å². The van der Waals surface area contributed by atoms with E-state index in [1.165, 1.54) is 18.4 Å². The Morgan fingerprint density at radius 2 is 2.07 bits per heavy atom. The van der Waals surface area contributed by atoms with Gasteiger partial charge in [-0.15, -0.1) is 0 Å². The molecule has 0 fully saturated rings. The predicted molar refractivity (Wildman–Crippen MR) is 59.0 cm³/mol. The number of hydrogen-bond donors (Lipinski definition) is 0. The summed E-state index contributed by atoms with van der Waals surface area (Å²) in [5.74, 6) is -1.35. The zero-order valence-corrected chi connectivity index (χ0v) is 9.84. The van der Waals surface area contributed by atoms with Crippen molar-refractivity contribution in [3.05, 3.63) is 22.4 Å². The molecule has 0 N–H and O–H groups in total. The summed E-state index contributed by atoms with van der Waals surface area (Å²) in [4.78, 5) is 23.4. The molecule has 0 aliphatic carbocycles. The number of Topliss-reactive ketones (excluding diaryl/α,β-unsaturated/α-hetero) is 1. The molecule has 1 aromatic heterocycles. The van der Waals surface area contributed by atoms with Crippen LogP contribution < -0.4 is 0 Å². The van der Waals surface area contributed by atoms with Crippen LogP contribution in [0, 0.1) is 11.8 Å². The molecule has 0 saturated heterocycles. The van der Waals surface area contributed by atoms with E-state index in [-0.39, 0.29) is 11.7 Å². The topological polar surface area (TPSA) is 43.4 Å². The Bertz CT molecular complexity index is 341. The Hall–Kier alpha value is -1.16. The van der Waals surface area contributed by atoms with Gasteiger partial charge in [0, 0.05) is 10.9 Å². The molecular formula is C11H14O3S. The second-order valence-electron chi connectivity index (χ2n) is 3.62. The van der Waals surface area contributed by atoms with Crippen LogP contribution in [0.1, 0.15) is 24.2 Å². The van der Waals surface area contributed by atoms with Gasteiger partial charge in [0.1, 0.15) is 5.92 Å². The van der Waals surface area contributed by atoms with Gasteiger partial charge in [0.25, 0.3) is 0 Å². The number of methoxy groups -OCH3 is 1. The van der Waals surface area contributed by atoms with Crippen molar-refractivity contribution in [2.45, 2.75) is 13.8 Å². The number of esters is 1. The molecule has 0 aliphatic rings. The average molecular weight is 226 g/mol. The zero-order chi connectivity index (χ0) is 11.4. The van der Waals surface area contributed by atoms with Gasteiger partial charge in [-0.3, -0.25) is 9.59 Å². The van der Waals surface area contributed by atoms with Crippen molar-refractivity contribution in [2.24, 2.45) is 11.8 Å². The fraction of sp³-hybridized carbons (Fsp3) is 0.455. The Balaban J connectivity index is 2.91. The SMILES string of the molecule is COC(=O)C(C(=O)c1ccsc1)C(C)C. The molecule has 0 amide bonds. The highest BCUT2D eigenvalue weighted by molar-refractivity contribution is 7.08. The van der Waals surface area contributed by atoms with Crippen LogP contribution in [0.15, 0.2) is 16.8 Å². The Morgan fingerprint density at radius 1 is 1.40 bits per heavy atom. The molecular weight excluding hydrogens is 212 g/mol. The lowest BCUT2D eigenvalue weighted by molar-refractivity contribution is -0.144. The third-order valence-corrected chi connectivity index (χ3v) is 2.89. The molecule has 0 aromatic carbocycles. The van der Waals surface area contributed by atoms with Gasteiger partial charge in [-0.2, -0.15) is 11.3 Å². The standard InChI is InChI=1S/C11H14O3S/c1-7(2)9(11(13)14-3)10(12)8-4-5-15-6-8/h4-7,9H,1-3H3. The maximum absolute atomic E-state index is 12.0. The molecule has 1 heterocycles. The van der Waals surface area contributed by atoms with E-state index in [0.29, 0.717) is 5.56 Å². The van der Waals surface area contributed by atoms with Crippen LogP contribution in [0.25, 0.3) is 0 Å². The molecule has 4 heteroatoms. The molecule has 15 heavy (non-hydrogen) atoms. The lowest BCUT2D eigenvalue weighted by atomic mass is 9.89. The molecule has 0 aliphatic heterocycles. The summed E-state index contributed by atoms with van der Waals surface area (Å²) in [6.07, 6.45) is 0. The Kier molecular flexibility index (Phi) is 4.03. The number of hydrogen-bond acceptors (Lipinski definition) is 4. The smallest absolute Gasteiger partial charge is 0.316 e. The molecule has 82 valence electrons. The highest BCUT2D eigenvalue weighted by atomic mass is 32.1. The van der Waals surface area contributed by atoms with E-state index < -0.39 is 11.9 Å². The Labute approximate surface area is 93.1 Å². The Morgan fingerprint density at radius 3 is 2.47 bits per heavy atom. The van der Waals surface area contributed by atoms with Gasteiger partial charge in [0.15, 0.2) is 5.78 Å². The third-order valence-electron chi connectivity index (χ3n) is 2.21. The van der Waals surface area contributed by atoms with E-state index in [4.69, 9.17) is 0 Å². The lowest BCUT2D eigenvalue weighted by Crippen LogP contribution is -2.29. The molecule has 3 nitrogen and oxygen atoms in total. The summed E-state index contributed by atoms with van der Waals surface area (Å²) >= 11 is 1.44. The molecule has 1 aromatic rings. The van der Waals surface area contributed by atoms with Crippen LogP contribution in [0.4, 0.5) is 0 Å². The third kappa shape index (κ3) is 2.65. The molecule has 0 spiro atoms. The van der Waals surface area contributed by atoms with E-state index >= 15 is 0 Å². The molecule has 1 atom stereocenters. The van der Waals surface area contributed by atoms with E-state index in [1.807, 2.05) is 19.2 Å². The molecule has 1 unspecified atom stereocenters. The van der Waals surface area contributed by atoms with Gasteiger partial charge in [0.2, 0.25) is 0 Å². The van der Waals surface area contributed by atoms with Gasteiger partial charge in [-0.1, -0.05) is 13.8 Å². The van der Waals surface area contributed by atoms with Crippen LogP contribution >= 0.6 is 11.3 Å². The van der Waals surface area contributed by atoms with Crippen LogP contribution in [0.5, 0.6) is 0 Å². The summed E-state index contributed by atoms with van der Waals surface area (Å²) in [7, 11) is 1.30. The average Bonchev–Trinajstić information content (AvgIpc) is 2.69. The van der Waals surface area contributed by atoms with Gasteiger partial charge in [-0.25, -0.2) is 0 Å². The van der Waals surface area contributed by atoms with Crippen molar-refractivity contribution in [3.8, 4) is 0 Å². The first kappa shape index (κ1) is 11.9. The summed E-state index contributed by atoms with van der Waals surface area (Å²) in [5.41, 5.74) is 0.587. The molecule has 0 saturated carbocycles. The number of thiophene rings is 1. The predicted octanol–water partition coefficient (Wildman–Crippen LogP) is 2.38. The van der Waals surface area contributed by atoms with Gasteiger partial charge >= 0.3 is 5.97 Å². The first-order valence-electron chi connectivity index (χ1n) is 4.72. The summed E-state index contributed by atoms with van der Waals surface area (Å²) in [6, 6.07) is 1.73. The minimum absolute atomic E-state index is 0.0511. The van der Waals surface area contributed by atoms with Crippen LogP contribution in [0.2, 0.25) is 0 Å². The highest BCUT2D eigenvalue weighted by Crippen LogP contribution is 2.20. The minimum atomic E-state index is -0.690. The first-order chi connectivity index (χ1) is 7.07. The lowest BCUT2D eigenvalue weighted by Gasteiger charge is -2.16. The first-order valence-corrected chi connectivity index (χ1v) is 5.66. The maximum Gasteiger partial charge on any atom is 0.316 e. The maximum atomic E-state index is 12.0. The van der Waals surface area contributed by atoms with Crippen molar-refractivity contribution < 1.29 is 14.3 Å². The molecule has 1 rings (SSSR count). The second kappa shape index (κ2) is 5.07. The van der Waals surface area contributed by atoms with Crippen LogP contribution in [0.3, 0.4) is 0 Å². The van der Waals surface area contributed by atoms with Crippen molar-refractivity contribution in [3.63, 3.8) is 0 Å². The normalized spacial score (nSPS) is 12.5. The van der Waals surface area contributed by atoms with Crippen molar-refractivity contribution in [1.82, 2.24) is 0 Å².